The van der Waals surface area contributed by atoms with E-state index < -0.39 is 5.25 Å². The first-order chi connectivity index (χ1) is 15.9. The number of carbonyl (C=O) groups is 1. The molecule has 7 heteroatoms. The molecule has 1 amide bonds. The van der Waals surface area contributed by atoms with Crippen molar-refractivity contribution in [3.05, 3.63) is 95.3 Å². The summed E-state index contributed by atoms with van der Waals surface area (Å²) in [5.74, 6) is -0.0634. The maximum absolute atomic E-state index is 14.6. The maximum atomic E-state index is 14.6. The summed E-state index contributed by atoms with van der Waals surface area (Å²) < 4.78 is 16.4. The predicted molar refractivity (Wildman–Crippen MR) is 131 cm³/mol. The second-order valence-electron chi connectivity index (χ2n) is 7.93. The minimum Gasteiger partial charge on any atom is -0.325 e. The SMILES string of the molecule is Cc1ccc(NC(=O)C(C)Sc2nnc(-c3ccccc3F)n2Cc2ccccc2)c(C)c1. The lowest BCUT2D eigenvalue weighted by Gasteiger charge is -2.15. The molecule has 0 aliphatic heterocycles. The highest BCUT2D eigenvalue weighted by Gasteiger charge is 2.22. The molecule has 1 aromatic heterocycles. The first-order valence-electron chi connectivity index (χ1n) is 10.7. The van der Waals surface area contributed by atoms with Gasteiger partial charge in [0.05, 0.1) is 17.4 Å². The lowest BCUT2D eigenvalue weighted by atomic mass is 10.1. The smallest absolute Gasteiger partial charge is 0.237 e. The van der Waals surface area contributed by atoms with Gasteiger partial charge in [0.15, 0.2) is 11.0 Å². The molecule has 33 heavy (non-hydrogen) atoms. The average molecular weight is 461 g/mol. The van der Waals surface area contributed by atoms with E-state index in [1.54, 1.807) is 18.2 Å². The van der Waals surface area contributed by atoms with Gasteiger partial charge in [-0.15, -0.1) is 10.2 Å². The molecule has 4 aromatic rings. The summed E-state index contributed by atoms with van der Waals surface area (Å²) in [5, 5.41) is 11.7. The summed E-state index contributed by atoms with van der Waals surface area (Å²) in [6.07, 6.45) is 0. The van der Waals surface area contributed by atoms with Crippen LogP contribution in [-0.2, 0) is 11.3 Å². The largest absolute Gasteiger partial charge is 0.325 e. The molecule has 0 fully saturated rings. The number of carbonyl (C=O) groups excluding carboxylic acids is 1. The molecule has 0 saturated carbocycles. The van der Waals surface area contributed by atoms with Gasteiger partial charge in [-0.25, -0.2) is 4.39 Å². The van der Waals surface area contributed by atoms with Crippen molar-refractivity contribution in [3.63, 3.8) is 0 Å². The number of aryl methyl sites for hydroxylation is 2. The summed E-state index contributed by atoms with van der Waals surface area (Å²) in [6, 6.07) is 22.3. The third-order valence-electron chi connectivity index (χ3n) is 5.31. The Kier molecular flexibility index (Phi) is 6.89. The summed E-state index contributed by atoms with van der Waals surface area (Å²) >= 11 is 1.30. The van der Waals surface area contributed by atoms with Gasteiger partial charge in [0.1, 0.15) is 5.82 Å². The van der Waals surface area contributed by atoms with Crippen LogP contribution in [0.4, 0.5) is 10.1 Å². The van der Waals surface area contributed by atoms with Gasteiger partial charge in [0.25, 0.3) is 0 Å². The van der Waals surface area contributed by atoms with E-state index in [9.17, 15) is 9.18 Å². The Morgan fingerprint density at radius 2 is 1.76 bits per heavy atom. The Bertz CT molecular complexity index is 1270. The molecule has 5 nitrogen and oxygen atoms in total. The van der Waals surface area contributed by atoms with Crippen molar-refractivity contribution in [3.8, 4) is 11.4 Å². The van der Waals surface area contributed by atoms with E-state index in [-0.39, 0.29) is 11.7 Å². The van der Waals surface area contributed by atoms with E-state index in [2.05, 4.69) is 15.5 Å². The molecule has 168 valence electrons. The number of hydrogen-bond donors (Lipinski definition) is 1. The lowest BCUT2D eigenvalue weighted by molar-refractivity contribution is -0.115. The maximum Gasteiger partial charge on any atom is 0.237 e. The van der Waals surface area contributed by atoms with Gasteiger partial charge in [0.2, 0.25) is 5.91 Å². The van der Waals surface area contributed by atoms with Crippen molar-refractivity contribution in [2.75, 3.05) is 5.32 Å². The van der Waals surface area contributed by atoms with Gasteiger partial charge in [-0.2, -0.15) is 0 Å². The number of nitrogens with zero attached hydrogens (tertiary/aromatic N) is 3. The van der Waals surface area contributed by atoms with E-state index in [1.807, 2.05) is 73.9 Å². The molecule has 1 N–H and O–H groups in total. The standard InChI is InChI=1S/C26H25FN4OS/c1-17-13-14-23(18(2)15-17)28-25(32)19(3)33-26-30-29-24(21-11-7-8-12-22(21)27)31(26)16-20-9-5-4-6-10-20/h4-15,19H,16H2,1-3H3,(H,28,32). The number of amides is 1. The van der Waals surface area contributed by atoms with Gasteiger partial charge in [0, 0.05) is 5.69 Å². The topological polar surface area (TPSA) is 59.8 Å². The molecule has 1 atom stereocenters. The minimum atomic E-state index is -0.433. The minimum absolute atomic E-state index is 0.131. The monoisotopic (exact) mass is 460 g/mol. The number of hydrogen-bond acceptors (Lipinski definition) is 4. The highest BCUT2D eigenvalue weighted by atomic mass is 32.2. The average Bonchev–Trinajstić information content (AvgIpc) is 3.18. The highest BCUT2D eigenvalue weighted by Crippen LogP contribution is 2.30. The van der Waals surface area contributed by atoms with Gasteiger partial charge in [-0.1, -0.05) is 71.9 Å². The van der Waals surface area contributed by atoms with Crippen LogP contribution in [0.1, 0.15) is 23.6 Å². The quantitative estimate of drug-likeness (QED) is 0.351. The molecule has 0 aliphatic carbocycles. The number of rotatable bonds is 7. The first kappa shape index (κ1) is 22.7. The number of thioether (sulfide) groups is 1. The van der Waals surface area contributed by atoms with Gasteiger partial charge < -0.3 is 5.32 Å². The van der Waals surface area contributed by atoms with E-state index in [1.165, 1.54) is 17.8 Å². The van der Waals surface area contributed by atoms with Crippen LogP contribution in [0.2, 0.25) is 0 Å². The highest BCUT2D eigenvalue weighted by molar-refractivity contribution is 8.00. The fourth-order valence-corrected chi connectivity index (χ4v) is 4.37. The van der Waals surface area contributed by atoms with Crippen molar-refractivity contribution in [2.45, 2.75) is 37.7 Å². The van der Waals surface area contributed by atoms with Crippen LogP contribution < -0.4 is 5.32 Å². The predicted octanol–water partition coefficient (Wildman–Crippen LogP) is 5.87. The van der Waals surface area contributed by atoms with Crippen LogP contribution in [0.5, 0.6) is 0 Å². The number of halogens is 1. The van der Waals surface area contributed by atoms with Crippen molar-refractivity contribution >= 4 is 23.4 Å². The Hall–Kier alpha value is -3.45. The van der Waals surface area contributed by atoms with E-state index >= 15 is 0 Å². The summed E-state index contributed by atoms with van der Waals surface area (Å²) in [6.45, 7) is 6.28. The van der Waals surface area contributed by atoms with Crippen LogP contribution in [0, 0.1) is 19.7 Å². The second-order valence-corrected chi connectivity index (χ2v) is 9.23. The summed E-state index contributed by atoms with van der Waals surface area (Å²) in [7, 11) is 0. The molecular formula is C26H25FN4OS. The zero-order valence-electron chi connectivity index (χ0n) is 18.7. The van der Waals surface area contributed by atoms with Gasteiger partial charge >= 0.3 is 0 Å². The Morgan fingerprint density at radius 3 is 2.48 bits per heavy atom. The third-order valence-corrected chi connectivity index (χ3v) is 6.39. The van der Waals surface area contributed by atoms with Crippen molar-refractivity contribution in [1.29, 1.82) is 0 Å². The number of nitrogens with one attached hydrogen (secondary N) is 1. The number of benzene rings is 3. The molecule has 0 saturated heterocycles. The fraction of sp³-hybridized carbons (Fsp3) is 0.192. The Balaban J connectivity index is 1.61. The van der Waals surface area contributed by atoms with Crippen molar-refractivity contribution in [1.82, 2.24) is 14.8 Å². The van der Waals surface area contributed by atoms with Crippen molar-refractivity contribution < 1.29 is 9.18 Å². The van der Waals surface area contributed by atoms with E-state index in [0.29, 0.717) is 23.1 Å². The summed E-state index contributed by atoms with van der Waals surface area (Å²) in [5.41, 5.74) is 4.34. The van der Waals surface area contributed by atoms with Crippen molar-refractivity contribution in [2.24, 2.45) is 0 Å². The molecule has 0 spiro atoms. The van der Waals surface area contributed by atoms with Crippen LogP contribution in [-0.4, -0.2) is 25.9 Å². The first-order valence-corrected chi connectivity index (χ1v) is 11.6. The molecule has 1 unspecified atom stereocenters. The molecule has 0 bridgehead atoms. The normalized spacial score (nSPS) is 11.9. The molecule has 1 heterocycles. The lowest BCUT2D eigenvalue weighted by Crippen LogP contribution is -2.23. The molecule has 0 aliphatic rings. The van der Waals surface area contributed by atoms with Crippen LogP contribution >= 0.6 is 11.8 Å². The zero-order valence-corrected chi connectivity index (χ0v) is 19.6. The summed E-state index contributed by atoms with van der Waals surface area (Å²) in [4.78, 5) is 12.9. The number of anilines is 1. The van der Waals surface area contributed by atoms with Crippen LogP contribution in [0.15, 0.2) is 78.0 Å². The van der Waals surface area contributed by atoms with Gasteiger partial charge in [-0.05, 0) is 50.1 Å². The van der Waals surface area contributed by atoms with Gasteiger partial charge in [-0.3, -0.25) is 9.36 Å². The van der Waals surface area contributed by atoms with Crippen LogP contribution in [0.3, 0.4) is 0 Å². The zero-order chi connectivity index (χ0) is 23.4. The second kappa shape index (κ2) is 10.0. The Labute approximate surface area is 197 Å². The molecule has 0 radical (unpaired) electrons. The van der Waals surface area contributed by atoms with Crippen LogP contribution in [0.25, 0.3) is 11.4 Å². The third kappa shape index (κ3) is 5.31. The fourth-order valence-electron chi connectivity index (χ4n) is 3.53. The Morgan fingerprint density at radius 1 is 1.03 bits per heavy atom. The van der Waals surface area contributed by atoms with E-state index in [0.717, 1.165) is 22.4 Å². The van der Waals surface area contributed by atoms with E-state index in [4.69, 9.17) is 0 Å². The molecule has 4 rings (SSSR count). The molecule has 3 aromatic carbocycles. The molecular weight excluding hydrogens is 435 g/mol. The number of aromatic nitrogens is 3.